The van der Waals surface area contributed by atoms with Gasteiger partial charge in [0.25, 0.3) is 0 Å². The topological polar surface area (TPSA) is 63.4 Å². The summed E-state index contributed by atoms with van der Waals surface area (Å²) in [5.74, 6) is 0.152. The normalized spacial score (nSPS) is 15.3. The molecule has 0 aliphatic heterocycles. The molecule has 1 aromatic carbocycles. The highest BCUT2D eigenvalue weighted by Crippen LogP contribution is 2.20. The van der Waals surface area contributed by atoms with Crippen LogP contribution in [0.15, 0.2) is 28.7 Å². The predicted octanol–water partition coefficient (Wildman–Crippen LogP) is 1.69. The Hall–Kier alpha value is -0.430. The first-order chi connectivity index (χ1) is 9.16. The van der Waals surface area contributed by atoms with Gasteiger partial charge in [-0.05, 0) is 38.1 Å². The number of halogens is 1. The van der Waals surface area contributed by atoms with Gasteiger partial charge >= 0.3 is 0 Å². The number of nitrogens with zero attached hydrogens (tertiary/aromatic N) is 1. The molecule has 0 aliphatic rings. The Morgan fingerprint density at radius 2 is 1.85 bits per heavy atom. The van der Waals surface area contributed by atoms with Gasteiger partial charge in [-0.2, -0.15) is 0 Å². The van der Waals surface area contributed by atoms with E-state index >= 15 is 0 Å². The Morgan fingerprint density at radius 1 is 1.30 bits per heavy atom. The lowest BCUT2D eigenvalue weighted by Crippen LogP contribution is -2.52. The SMILES string of the molecule is CN(CCS(C)(=O)=O)C(C)(CN)Cc1ccc(Br)cc1. The molecule has 6 heteroatoms. The highest BCUT2D eigenvalue weighted by Gasteiger charge is 2.28. The summed E-state index contributed by atoms with van der Waals surface area (Å²) in [6.45, 7) is 3.03. The second-order valence-electron chi connectivity index (χ2n) is 5.56. The maximum Gasteiger partial charge on any atom is 0.148 e. The van der Waals surface area contributed by atoms with E-state index in [9.17, 15) is 8.42 Å². The maximum atomic E-state index is 11.3. The Bertz CT molecular complexity index is 531. The van der Waals surface area contributed by atoms with Gasteiger partial charge in [0.05, 0.1) is 5.75 Å². The first-order valence-corrected chi connectivity index (χ1v) is 9.35. The molecule has 0 saturated heterocycles. The summed E-state index contributed by atoms with van der Waals surface area (Å²) in [4.78, 5) is 2.04. The first kappa shape index (κ1) is 17.6. The highest BCUT2D eigenvalue weighted by molar-refractivity contribution is 9.10. The molecule has 4 nitrogen and oxygen atoms in total. The molecule has 0 fully saturated rings. The number of likely N-dealkylation sites (N-methyl/N-ethyl adjacent to an activating group) is 1. The maximum absolute atomic E-state index is 11.3. The van der Waals surface area contributed by atoms with Crippen molar-refractivity contribution in [3.8, 4) is 0 Å². The summed E-state index contributed by atoms with van der Waals surface area (Å²) in [5, 5.41) is 0. The molecule has 0 bridgehead atoms. The molecule has 1 atom stereocenters. The molecule has 2 N–H and O–H groups in total. The predicted molar refractivity (Wildman–Crippen MR) is 87.6 cm³/mol. The van der Waals surface area contributed by atoms with E-state index in [0.29, 0.717) is 13.1 Å². The molecule has 0 aromatic heterocycles. The molecule has 0 spiro atoms. The van der Waals surface area contributed by atoms with Crippen LogP contribution in [0.5, 0.6) is 0 Å². The standard InChI is InChI=1S/C14H23BrN2O2S/c1-14(11-16,17(2)8-9-20(3,18)19)10-12-4-6-13(15)7-5-12/h4-7H,8-11,16H2,1-3H3. The van der Waals surface area contributed by atoms with Crippen LogP contribution in [0.2, 0.25) is 0 Å². The Morgan fingerprint density at radius 3 is 2.30 bits per heavy atom. The molecule has 114 valence electrons. The summed E-state index contributed by atoms with van der Waals surface area (Å²) in [5.41, 5.74) is 6.86. The fraction of sp³-hybridized carbons (Fsp3) is 0.571. The van der Waals surface area contributed by atoms with Gasteiger partial charge in [-0.1, -0.05) is 28.1 Å². The van der Waals surface area contributed by atoms with E-state index in [1.807, 2.05) is 24.1 Å². The quantitative estimate of drug-likeness (QED) is 0.801. The van der Waals surface area contributed by atoms with Crippen LogP contribution in [0.25, 0.3) is 0 Å². The van der Waals surface area contributed by atoms with Gasteiger partial charge in [-0.15, -0.1) is 0 Å². The average molecular weight is 363 g/mol. The number of sulfone groups is 1. The third kappa shape index (κ3) is 5.52. The third-order valence-electron chi connectivity index (χ3n) is 3.66. The lowest BCUT2D eigenvalue weighted by Gasteiger charge is -2.38. The van der Waals surface area contributed by atoms with Gasteiger partial charge in [0.2, 0.25) is 0 Å². The Kier molecular flexibility index (Phi) is 6.19. The number of hydrogen-bond donors (Lipinski definition) is 1. The third-order valence-corrected chi connectivity index (χ3v) is 5.11. The van der Waals surface area contributed by atoms with Gasteiger partial charge < -0.3 is 5.73 Å². The van der Waals surface area contributed by atoms with Crippen molar-refractivity contribution in [1.29, 1.82) is 0 Å². The summed E-state index contributed by atoms with van der Waals surface area (Å²) in [7, 11) is -1.03. The summed E-state index contributed by atoms with van der Waals surface area (Å²) in [6, 6.07) is 8.12. The number of nitrogens with two attached hydrogens (primary N) is 1. The second kappa shape index (κ2) is 7.02. The van der Waals surface area contributed by atoms with Gasteiger partial charge in [0.1, 0.15) is 9.84 Å². The molecule has 0 radical (unpaired) electrons. The van der Waals surface area contributed by atoms with Gasteiger partial charge in [-0.3, -0.25) is 4.90 Å². The second-order valence-corrected chi connectivity index (χ2v) is 8.73. The zero-order valence-electron chi connectivity index (χ0n) is 12.3. The van der Waals surface area contributed by atoms with E-state index in [1.54, 1.807) is 0 Å². The van der Waals surface area contributed by atoms with Crippen LogP contribution < -0.4 is 5.73 Å². The lowest BCUT2D eigenvalue weighted by molar-refractivity contribution is 0.153. The van der Waals surface area contributed by atoms with Crippen LogP contribution in [0, 0.1) is 0 Å². The summed E-state index contributed by atoms with van der Waals surface area (Å²) < 4.78 is 23.6. The minimum absolute atomic E-state index is 0.152. The smallest absolute Gasteiger partial charge is 0.148 e. The van der Waals surface area contributed by atoms with Crippen LogP contribution >= 0.6 is 15.9 Å². The Labute approximate surface area is 130 Å². The van der Waals surface area contributed by atoms with Crippen LogP contribution in [0.4, 0.5) is 0 Å². The molecule has 0 heterocycles. The zero-order valence-corrected chi connectivity index (χ0v) is 14.7. The lowest BCUT2D eigenvalue weighted by atomic mass is 9.91. The summed E-state index contributed by atoms with van der Waals surface area (Å²) in [6.07, 6.45) is 2.05. The average Bonchev–Trinajstić information content (AvgIpc) is 2.37. The molecular formula is C14H23BrN2O2S. The van der Waals surface area contributed by atoms with E-state index in [1.165, 1.54) is 11.8 Å². The number of rotatable bonds is 7. The molecular weight excluding hydrogens is 340 g/mol. The van der Waals surface area contributed by atoms with Crippen LogP contribution in [0.1, 0.15) is 12.5 Å². The largest absolute Gasteiger partial charge is 0.329 e. The zero-order chi connectivity index (χ0) is 15.4. The van der Waals surface area contributed by atoms with Crippen LogP contribution in [-0.4, -0.2) is 51.0 Å². The van der Waals surface area contributed by atoms with E-state index in [2.05, 4.69) is 35.0 Å². The van der Waals surface area contributed by atoms with E-state index in [4.69, 9.17) is 5.73 Å². The van der Waals surface area contributed by atoms with Crippen LogP contribution in [-0.2, 0) is 16.3 Å². The monoisotopic (exact) mass is 362 g/mol. The van der Waals surface area contributed by atoms with Gasteiger partial charge in [0, 0.05) is 29.4 Å². The van der Waals surface area contributed by atoms with Crippen molar-refractivity contribution in [2.45, 2.75) is 18.9 Å². The molecule has 1 aromatic rings. The summed E-state index contributed by atoms with van der Waals surface area (Å²) >= 11 is 3.42. The van der Waals surface area contributed by atoms with Crippen molar-refractivity contribution < 1.29 is 8.42 Å². The molecule has 0 saturated carbocycles. The fourth-order valence-electron chi connectivity index (χ4n) is 1.98. The minimum atomic E-state index is -2.95. The van der Waals surface area contributed by atoms with Gasteiger partial charge in [-0.25, -0.2) is 8.42 Å². The van der Waals surface area contributed by atoms with E-state index < -0.39 is 9.84 Å². The first-order valence-electron chi connectivity index (χ1n) is 6.50. The molecule has 0 amide bonds. The molecule has 20 heavy (non-hydrogen) atoms. The van der Waals surface area contributed by atoms with E-state index in [0.717, 1.165) is 10.9 Å². The number of hydrogen-bond acceptors (Lipinski definition) is 4. The van der Waals surface area contributed by atoms with Crippen molar-refractivity contribution in [2.24, 2.45) is 5.73 Å². The molecule has 0 aliphatic carbocycles. The minimum Gasteiger partial charge on any atom is -0.329 e. The van der Waals surface area contributed by atoms with Crippen LogP contribution in [0.3, 0.4) is 0 Å². The molecule has 1 unspecified atom stereocenters. The van der Waals surface area contributed by atoms with Crippen molar-refractivity contribution >= 4 is 25.8 Å². The van der Waals surface area contributed by atoms with Crippen molar-refractivity contribution in [3.05, 3.63) is 34.3 Å². The van der Waals surface area contributed by atoms with E-state index in [-0.39, 0.29) is 11.3 Å². The van der Waals surface area contributed by atoms with Crippen molar-refractivity contribution in [1.82, 2.24) is 4.90 Å². The van der Waals surface area contributed by atoms with Crippen molar-refractivity contribution in [2.75, 3.05) is 32.1 Å². The van der Waals surface area contributed by atoms with Gasteiger partial charge in [0.15, 0.2) is 0 Å². The number of benzene rings is 1. The molecule has 1 rings (SSSR count). The fourth-order valence-corrected chi connectivity index (χ4v) is 2.85. The Balaban J connectivity index is 2.77. The van der Waals surface area contributed by atoms with Crippen molar-refractivity contribution in [3.63, 3.8) is 0 Å². The highest BCUT2D eigenvalue weighted by atomic mass is 79.9.